The summed E-state index contributed by atoms with van der Waals surface area (Å²) < 4.78 is 24.4. The van der Waals surface area contributed by atoms with Gasteiger partial charge in [-0.3, -0.25) is 14.3 Å². The number of aliphatic hydroxyl groups is 1. The summed E-state index contributed by atoms with van der Waals surface area (Å²) >= 11 is 0. The molecule has 42 heavy (non-hydrogen) atoms. The Bertz CT molecular complexity index is 1520. The van der Waals surface area contributed by atoms with E-state index in [4.69, 9.17) is 4.74 Å². The molecule has 2 saturated heterocycles. The fourth-order valence-corrected chi connectivity index (χ4v) is 6.98. The smallest absolute Gasteiger partial charge is 0.264 e. The number of benzene rings is 2. The fourth-order valence-electron chi connectivity index (χ4n) is 6.98. The average molecular weight is 574 g/mol. The van der Waals surface area contributed by atoms with Crippen LogP contribution in [0.4, 0.5) is 15.8 Å². The number of amides is 2. The van der Waals surface area contributed by atoms with E-state index in [1.54, 1.807) is 26.8 Å². The second-order valence-electron chi connectivity index (χ2n) is 12.0. The largest absolute Gasteiger partial charge is 0.382 e. The van der Waals surface area contributed by atoms with E-state index in [-0.39, 0.29) is 18.4 Å². The van der Waals surface area contributed by atoms with Crippen molar-refractivity contribution in [2.45, 2.75) is 63.6 Å². The van der Waals surface area contributed by atoms with Gasteiger partial charge in [-0.25, -0.2) is 4.39 Å². The van der Waals surface area contributed by atoms with Crippen molar-refractivity contribution < 1.29 is 23.8 Å². The van der Waals surface area contributed by atoms with E-state index in [0.29, 0.717) is 54.1 Å². The van der Waals surface area contributed by atoms with Gasteiger partial charge < -0.3 is 19.6 Å². The zero-order chi connectivity index (χ0) is 29.8. The molecular weight excluding hydrogens is 537 g/mol. The molecule has 1 N–H and O–H groups in total. The highest BCUT2D eigenvalue weighted by Crippen LogP contribution is 2.58. The van der Waals surface area contributed by atoms with Gasteiger partial charge in [-0.15, -0.1) is 11.7 Å². The Morgan fingerprint density at radius 3 is 2.64 bits per heavy atom. The summed E-state index contributed by atoms with van der Waals surface area (Å²) in [6, 6.07) is 14.8. The third-order valence-electron chi connectivity index (χ3n) is 9.01. The monoisotopic (exact) mass is 573 g/mol. The molecule has 3 aliphatic rings. The lowest BCUT2D eigenvalue weighted by Crippen LogP contribution is -2.46. The lowest BCUT2D eigenvalue weighted by atomic mass is 9.71. The van der Waals surface area contributed by atoms with Crippen molar-refractivity contribution in [3.63, 3.8) is 0 Å². The molecule has 0 saturated carbocycles. The van der Waals surface area contributed by atoms with Crippen molar-refractivity contribution >= 4 is 23.2 Å². The number of fused-ring (bicyclic) bond motifs is 2. The number of carbonyl (C=O) groups is 2. The van der Waals surface area contributed by atoms with Gasteiger partial charge in [-0.2, -0.15) is 0 Å². The van der Waals surface area contributed by atoms with E-state index in [2.05, 4.69) is 16.9 Å². The number of carbonyl (C=O) groups excluding carboxylic acids is 2. The normalized spacial score (nSPS) is 26.1. The summed E-state index contributed by atoms with van der Waals surface area (Å²) in [6.07, 6.45) is 2.68. The van der Waals surface area contributed by atoms with Crippen molar-refractivity contribution in [2.24, 2.45) is 11.8 Å². The van der Waals surface area contributed by atoms with Crippen molar-refractivity contribution in [1.29, 1.82) is 0 Å². The van der Waals surface area contributed by atoms with Crippen LogP contribution < -0.4 is 9.80 Å². The highest BCUT2D eigenvalue weighted by atomic mass is 19.1. The molecule has 5 atom stereocenters. The number of alkyl halides is 1. The number of ether oxygens (including phenoxy) is 1. The van der Waals surface area contributed by atoms with Crippen LogP contribution in [-0.2, 0) is 26.5 Å². The van der Waals surface area contributed by atoms with E-state index < -0.39 is 35.3 Å². The van der Waals surface area contributed by atoms with Crippen LogP contribution in [0, 0.1) is 11.8 Å². The Kier molecular flexibility index (Phi) is 7.01. The lowest BCUT2D eigenvalue weighted by Gasteiger charge is -2.33. The van der Waals surface area contributed by atoms with Gasteiger partial charge in [0.2, 0.25) is 5.91 Å². The van der Waals surface area contributed by atoms with Crippen LogP contribution in [-0.4, -0.2) is 56.8 Å². The molecule has 9 nitrogen and oxygen atoms in total. The summed E-state index contributed by atoms with van der Waals surface area (Å²) in [5.74, 6) is -1.33. The molecule has 1 spiro atoms. The number of nitrogens with zero attached hydrogens (tertiary/aromatic N) is 5. The Balaban J connectivity index is 1.31. The van der Waals surface area contributed by atoms with Gasteiger partial charge in [0.25, 0.3) is 5.91 Å². The van der Waals surface area contributed by atoms with E-state index in [9.17, 15) is 14.7 Å². The number of aryl methyl sites for hydroxylation is 1. The lowest BCUT2D eigenvalue weighted by molar-refractivity contribution is -0.146. The predicted octanol–water partition coefficient (Wildman–Crippen LogP) is 4.31. The van der Waals surface area contributed by atoms with E-state index in [0.717, 1.165) is 0 Å². The molecule has 3 aromatic rings. The fraction of sp³-hybridized carbons (Fsp3) is 0.438. The second kappa shape index (κ2) is 10.4. The molecule has 2 amide bonds. The van der Waals surface area contributed by atoms with Crippen molar-refractivity contribution in [2.75, 3.05) is 22.9 Å². The number of hydrogen-bond donors (Lipinski definition) is 1. The van der Waals surface area contributed by atoms with Crippen LogP contribution in [0.25, 0.3) is 0 Å². The summed E-state index contributed by atoms with van der Waals surface area (Å²) in [7, 11) is 0. The molecule has 10 heteroatoms. The average Bonchev–Trinajstić information content (AvgIpc) is 3.62. The van der Waals surface area contributed by atoms with Crippen molar-refractivity contribution in [1.82, 2.24) is 15.0 Å². The summed E-state index contributed by atoms with van der Waals surface area (Å²) in [4.78, 5) is 29.8. The van der Waals surface area contributed by atoms with E-state index >= 15 is 4.39 Å². The van der Waals surface area contributed by atoms with Crippen LogP contribution in [0.15, 0.2) is 67.4 Å². The van der Waals surface area contributed by atoms with Gasteiger partial charge >= 0.3 is 0 Å². The number of anilines is 2. The molecular formula is C32H36FN5O4. The molecule has 220 valence electrons. The molecule has 4 heterocycles. The number of rotatable bonds is 9. The van der Waals surface area contributed by atoms with Gasteiger partial charge in [0.15, 0.2) is 5.60 Å². The van der Waals surface area contributed by atoms with Gasteiger partial charge in [0.05, 0.1) is 18.0 Å². The zero-order valence-corrected chi connectivity index (χ0v) is 24.1. The molecule has 3 aliphatic heterocycles. The molecule has 0 unspecified atom stereocenters. The molecule has 2 aromatic carbocycles. The minimum absolute atomic E-state index is 0.0295. The SMILES string of the molecule is C=CCN1C(=O)[C@@]2(O[C@@H](CCn3cc([C@H](O)c4ccccc4)nn3)[C@H](C(C)(C)F)[C@H]2C)c2cc(N3CCC3=O)ccc21. The third-order valence-corrected chi connectivity index (χ3v) is 9.01. The molecule has 0 aliphatic carbocycles. The maximum Gasteiger partial charge on any atom is 0.264 e. The topological polar surface area (TPSA) is 101 Å². The maximum absolute atomic E-state index is 16.0. The first-order valence-corrected chi connectivity index (χ1v) is 14.4. The quantitative estimate of drug-likeness (QED) is 0.303. The first-order valence-electron chi connectivity index (χ1n) is 14.4. The van der Waals surface area contributed by atoms with Crippen LogP contribution in [0.1, 0.15) is 56.5 Å². The zero-order valence-electron chi connectivity index (χ0n) is 24.1. The van der Waals surface area contributed by atoms with Crippen LogP contribution in [0.5, 0.6) is 0 Å². The number of β-lactam (4-membered cyclic amide) rings is 1. The number of aromatic nitrogens is 3. The molecule has 0 bridgehead atoms. The van der Waals surface area contributed by atoms with Gasteiger partial charge in [-0.1, -0.05) is 48.5 Å². The summed E-state index contributed by atoms with van der Waals surface area (Å²) in [6.45, 7) is 10.0. The molecule has 2 fully saturated rings. The van der Waals surface area contributed by atoms with Crippen molar-refractivity contribution in [3.05, 3.63) is 84.2 Å². The molecule has 6 rings (SSSR count). The molecule has 1 aromatic heterocycles. The minimum Gasteiger partial charge on any atom is -0.382 e. The standard InChI is InChI=1S/C32H36FN5O4/c1-5-15-38-25-12-11-22(37-17-14-27(37)39)18-23(25)32(30(38)41)20(2)28(31(3,4)33)26(42-32)13-16-36-19-24(34-35-36)29(40)21-9-7-6-8-10-21/h5-12,18-20,26,28-29,40H,1,13-17H2,2-4H3/t20-,26+,28-,29-,32+/m1/s1. The first-order chi connectivity index (χ1) is 20.1. The number of halogens is 1. The first kappa shape index (κ1) is 28.2. The van der Waals surface area contributed by atoms with Crippen LogP contribution in [0.3, 0.4) is 0 Å². The Morgan fingerprint density at radius 1 is 1.24 bits per heavy atom. The highest BCUT2D eigenvalue weighted by Gasteiger charge is 2.66. The third kappa shape index (κ3) is 4.44. The van der Waals surface area contributed by atoms with Gasteiger partial charge in [-0.05, 0) is 44.0 Å². The Morgan fingerprint density at radius 2 is 2.00 bits per heavy atom. The minimum atomic E-state index is -1.65. The summed E-state index contributed by atoms with van der Waals surface area (Å²) in [5, 5.41) is 19.1. The van der Waals surface area contributed by atoms with Crippen LogP contribution >= 0.6 is 0 Å². The Labute approximate surface area is 244 Å². The van der Waals surface area contributed by atoms with E-state index in [1.165, 1.54) is 13.8 Å². The predicted molar refractivity (Wildman–Crippen MR) is 155 cm³/mol. The van der Waals surface area contributed by atoms with Gasteiger partial charge in [0, 0.05) is 49.1 Å². The summed E-state index contributed by atoms with van der Waals surface area (Å²) in [5.41, 5.74) is 0.120. The van der Waals surface area contributed by atoms with E-state index in [1.807, 2.05) is 55.5 Å². The van der Waals surface area contributed by atoms with Crippen molar-refractivity contribution in [3.8, 4) is 0 Å². The Hall–Kier alpha value is -3.89. The van der Waals surface area contributed by atoms with Gasteiger partial charge in [0.1, 0.15) is 17.5 Å². The maximum atomic E-state index is 16.0. The highest BCUT2D eigenvalue weighted by molar-refractivity contribution is 6.09. The van der Waals surface area contributed by atoms with Crippen LogP contribution in [0.2, 0.25) is 0 Å². The molecule has 0 radical (unpaired) electrons. The number of hydrogen-bond acceptors (Lipinski definition) is 6. The number of aliphatic hydroxyl groups excluding tert-OH is 1. The second-order valence-corrected chi connectivity index (χ2v) is 12.0.